The van der Waals surface area contributed by atoms with Crippen LogP contribution in [-0.2, 0) is 16.0 Å². The predicted molar refractivity (Wildman–Crippen MR) is 138 cm³/mol. The number of esters is 1. The molecule has 0 spiro atoms. The highest BCUT2D eigenvalue weighted by molar-refractivity contribution is 7.19. The molecule has 1 fully saturated rings. The lowest BCUT2D eigenvalue weighted by molar-refractivity contribution is -0.134. The highest BCUT2D eigenvalue weighted by atomic mass is 32.1. The van der Waals surface area contributed by atoms with Gasteiger partial charge in [-0.3, -0.25) is 4.79 Å². The van der Waals surface area contributed by atoms with E-state index in [4.69, 9.17) is 19.5 Å². The molecule has 1 aromatic heterocycles. The predicted octanol–water partition coefficient (Wildman–Crippen LogP) is 6.09. The first-order chi connectivity index (χ1) is 17.2. The van der Waals surface area contributed by atoms with Crippen LogP contribution in [0.15, 0.2) is 48.5 Å². The second kappa shape index (κ2) is 11.0. The number of hydrogen-bond donors (Lipinski definition) is 0. The van der Waals surface area contributed by atoms with E-state index in [9.17, 15) is 9.59 Å². The van der Waals surface area contributed by atoms with Crippen LogP contribution in [0.2, 0.25) is 0 Å². The number of nitriles is 1. The quantitative estimate of drug-likeness (QED) is 0.297. The maximum absolute atomic E-state index is 12.3. The monoisotopic (exact) mass is 506 g/mol. The first-order valence-corrected chi connectivity index (χ1v) is 12.9. The van der Waals surface area contributed by atoms with Gasteiger partial charge in [-0.2, -0.15) is 5.26 Å². The number of fused-ring (bicyclic) bond motifs is 1. The molecule has 2 heterocycles. The van der Waals surface area contributed by atoms with Gasteiger partial charge in [0.25, 0.3) is 0 Å². The molecular formula is C28H30N2O5S. The molecular weight excluding hydrogens is 476 g/mol. The van der Waals surface area contributed by atoms with E-state index in [0.29, 0.717) is 36.6 Å². The Morgan fingerprint density at radius 1 is 1.06 bits per heavy atom. The van der Waals surface area contributed by atoms with E-state index >= 15 is 0 Å². The average molecular weight is 507 g/mol. The minimum absolute atomic E-state index is 0.0163. The number of hydrogen-bond acceptors (Lipinski definition) is 7. The Labute approximate surface area is 215 Å². The Hall–Kier alpha value is -3.57. The van der Waals surface area contributed by atoms with Crippen LogP contribution < -0.4 is 9.47 Å². The summed E-state index contributed by atoms with van der Waals surface area (Å²) in [5.74, 6) is 0.878. The molecule has 36 heavy (non-hydrogen) atoms. The number of ether oxygens (including phenoxy) is 3. The molecule has 3 aromatic rings. The third-order valence-corrected chi connectivity index (χ3v) is 6.90. The van der Waals surface area contributed by atoms with Crippen molar-refractivity contribution < 1.29 is 23.8 Å². The first kappa shape index (κ1) is 25.5. The van der Waals surface area contributed by atoms with Crippen molar-refractivity contribution in [1.82, 2.24) is 4.90 Å². The second-order valence-electron chi connectivity index (χ2n) is 9.81. The van der Waals surface area contributed by atoms with Crippen molar-refractivity contribution in [2.45, 2.75) is 58.2 Å². The first-order valence-electron chi connectivity index (χ1n) is 12.1. The van der Waals surface area contributed by atoms with Crippen molar-refractivity contribution in [3.63, 3.8) is 0 Å². The molecule has 0 unspecified atom stereocenters. The van der Waals surface area contributed by atoms with E-state index < -0.39 is 5.60 Å². The van der Waals surface area contributed by atoms with Crippen molar-refractivity contribution >= 4 is 33.5 Å². The topological polar surface area (TPSA) is 88.9 Å². The minimum Gasteiger partial charge on any atom is -0.490 e. The number of carbonyl (C=O) groups is 2. The average Bonchev–Trinajstić information content (AvgIpc) is 3.25. The Morgan fingerprint density at radius 2 is 1.75 bits per heavy atom. The zero-order valence-electron chi connectivity index (χ0n) is 20.8. The molecule has 0 saturated carbocycles. The highest BCUT2D eigenvalue weighted by Crippen LogP contribution is 2.28. The van der Waals surface area contributed by atoms with Gasteiger partial charge in [-0.25, -0.2) is 4.79 Å². The number of likely N-dealkylation sites (tertiary alicyclic amines) is 1. The van der Waals surface area contributed by atoms with Gasteiger partial charge in [0.15, 0.2) is 0 Å². The van der Waals surface area contributed by atoms with Gasteiger partial charge in [-0.1, -0.05) is 0 Å². The summed E-state index contributed by atoms with van der Waals surface area (Å²) in [5.41, 5.74) is 0.127. The minimum atomic E-state index is -0.503. The standard InChI is InChI=1S/C28H30N2O5S/c1-28(2,3)35-27(32)30-14-12-23(13-15-30)33-21-5-7-22(8-6-21)34-26(31)11-9-24-17-20-16-19(18-29)4-10-25(20)36-24/h4-8,10,16-17,23H,9,11-15H2,1-3H3. The number of nitrogens with zero attached hydrogens (tertiary/aromatic N) is 2. The third kappa shape index (κ3) is 6.98. The number of carbonyl (C=O) groups excluding carboxylic acids is 2. The summed E-state index contributed by atoms with van der Waals surface area (Å²) < 4.78 is 18.1. The van der Waals surface area contributed by atoms with Gasteiger partial charge in [-0.15, -0.1) is 11.3 Å². The third-order valence-electron chi connectivity index (χ3n) is 5.72. The van der Waals surface area contributed by atoms with E-state index in [1.165, 1.54) is 0 Å². The summed E-state index contributed by atoms with van der Waals surface area (Å²) in [6.45, 7) is 6.77. The molecule has 0 aliphatic carbocycles. The van der Waals surface area contributed by atoms with Gasteiger partial charge in [0, 0.05) is 35.5 Å². The summed E-state index contributed by atoms with van der Waals surface area (Å²) in [7, 11) is 0. The summed E-state index contributed by atoms with van der Waals surface area (Å²) in [5, 5.41) is 10.1. The largest absolute Gasteiger partial charge is 0.490 e. The molecule has 1 amide bonds. The van der Waals surface area contributed by atoms with E-state index in [2.05, 4.69) is 6.07 Å². The van der Waals surface area contributed by atoms with Crippen LogP contribution in [0.4, 0.5) is 4.79 Å². The van der Waals surface area contributed by atoms with E-state index in [1.54, 1.807) is 46.6 Å². The van der Waals surface area contributed by atoms with Crippen molar-refractivity contribution in [3.05, 3.63) is 59.0 Å². The van der Waals surface area contributed by atoms with Crippen LogP contribution in [0.25, 0.3) is 10.1 Å². The maximum Gasteiger partial charge on any atom is 0.410 e. The Morgan fingerprint density at radius 3 is 2.42 bits per heavy atom. The number of piperidine rings is 1. The molecule has 0 radical (unpaired) electrons. The Kier molecular flexibility index (Phi) is 7.80. The zero-order valence-corrected chi connectivity index (χ0v) is 21.6. The van der Waals surface area contributed by atoms with Crippen LogP contribution in [-0.4, -0.2) is 41.8 Å². The lowest BCUT2D eigenvalue weighted by Gasteiger charge is -2.33. The molecule has 1 saturated heterocycles. The summed E-state index contributed by atoms with van der Waals surface area (Å²) in [6, 6.07) is 16.8. The highest BCUT2D eigenvalue weighted by Gasteiger charge is 2.27. The summed E-state index contributed by atoms with van der Waals surface area (Å²) in [6.07, 6.45) is 2.04. The maximum atomic E-state index is 12.3. The molecule has 1 aliphatic heterocycles. The van der Waals surface area contributed by atoms with Gasteiger partial charge < -0.3 is 19.1 Å². The van der Waals surface area contributed by atoms with Crippen molar-refractivity contribution in [1.29, 1.82) is 5.26 Å². The van der Waals surface area contributed by atoms with Crippen LogP contribution in [0.5, 0.6) is 11.5 Å². The molecule has 8 heteroatoms. The number of benzene rings is 2. The zero-order chi connectivity index (χ0) is 25.7. The number of thiophene rings is 1. The molecule has 0 N–H and O–H groups in total. The Balaban J connectivity index is 1.21. The van der Waals surface area contributed by atoms with E-state index in [0.717, 1.165) is 27.8 Å². The van der Waals surface area contributed by atoms with Crippen molar-refractivity contribution in [3.8, 4) is 17.6 Å². The SMILES string of the molecule is CC(C)(C)OC(=O)N1CCC(Oc2ccc(OC(=O)CCc3cc4cc(C#N)ccc4s3)cc2)CC1. The molecule has 0 atom stereocenters. The normalized spacial score (nSPS) is 14.3. The van der Waals surface area contributed by atoms with Crippen LogP contribution in [0.3, 0.4) is 0 Å². The summed E-state index contributed by atoms with van der Waals surface area (Å²) >= 11 is 1.62. The number of amides is 1. The molecule has 188 valence electrons. The molecule has 7 nitrogen and oxygen atoms in total. The van der Waals surface area contributed by atoms with Gasteiger partial charge in [0.05, 0.1) is 18.1 Å². The fraction of sp³-hybridized carbons (Fsp3) is 0.393. The fourth-order valence-corrected chi connectivity index (χ4v) is 5.00. The lowest BCUT2D eigenvalue weighted by Crippen LogP contribution is -2.44. The van der Waals surface area contributed by atoms with Gasteiger partial charge in [0.1, 0.15) is 23.2 Å². The van der Waals surface area contributed by atoms with Crippen molar-refractivity contribution in [2.75, 3.05) is 13.1 Å². The van der Waals surface area contributed by atoms with E-state index in [1.807, 2.05) is 39.0 Å². The number of aryl methyl sites for hydroxylation is 1. The van der Waals surface area contributed by atoms with E-state index in [-0.39, 0.29) is 24.6 Å². The van der Waals surface area contributed by atoms with Gasteiger partial charge in [0.2, 0.25) is 0 Å². The smallest absolute Gasteiger partial charge is 0.410 e. The Bertz CT molecular complexity index is 1260. The second-order valence-corrected chi connectivity index (χ2v) is 11.0. The lowest BCUT2D eigenvalue weighted by atomic mass is 10.1. The fourth-order valence-electron chi connectivity index (χ4n) is 3.96. The number of rotatable bonds is 6. The molecule has 4 rings (SSSR count). The molecule has 0 bridgehead atoms. The molecule has 2 aromatic carbocycles. The van der Waals surface area contributed by atoms with Crippen LogP contribution >= 0.6 is 11.3 Å². The van der Waals surface area contributed by atoms with Gasteiger partial charge >= 0.3 is 12.1 Å². The summed E-state index contributed by atoms with van der Waals surface area (Å²) in [4.78, 5) is 27.3. The molecule has 1 aliphatic rings. The van der Waals surface area contributed by atoms with Crippen LogP contribution in [0, 0.1) is 11.3 Å². The van der Waals surface area contributed by atoms with Gasteiger partial charge in [-0.05, 0) is 81.1 Å². The van der Waals surface area contributed by atoms with Crippen molar-refractivity contribution in [2.24, 2.45) is 0 Å². The van der Waals surface area contributed by atoms with Crippen LogP contribution in [0.1, 0.15) is 50.5 Å².